The molecule has 2 heterocycles. The molecule has 4 rings (SSSR count). The van der Waals surface area contributed by atoms with Crippen LogP contribution in [0.2, 0.25) is 0 Å². The monoisotopic (exact) mass is 517 g/mol. The number of para-hydroxylation sites is 1. The average Bonchev–Trinajstić information content (AvgIpc) is 3.14. The van der Waals surface area contributed by atoms with Gasteiger partial charge in [-0.1, -0.05) is 18.2 Å². The van der Waals surface area contributed by atoms with Gasteiger partial charge in [-0.25, -0.2) is 9.38 Å². The second kappa shape index (κ2) is 10.4. The molecule has 2 aromatic carbocycles. The Morgan fingerprint density at radius 3 is 2.80 bits per heavy atom. The van der Waals surface area contributed by atoms with Crippen molar-refractivity contribution < 1.29 is 4.39 Å². The van der Waals surface area contributed by atoms with Crippen LogP contribution < -0.4 is 10.6 Å². The highest BCUT2D eigenvalue weighted by Crippen LogP contribution is 2.20. The fourth-order valence-electron chi connectivity index (χ4n) is 3.47. The number of hydrogen-bond acceptors (Lipinski definition) is 2. The van der Waals surface area contributed by atoms with Crippen molar-refractivity contribution in [2.24, 2.45) is 4.99 Å². The van der Waals surface area contributed by atoms with Crippen molar-refractivity contribution in [3.05, 3.63) is 77.9 Å². The van der Waals surface area contributed by atoms with Gasteiger partial charge < -0.3 is 15.6 Å². The molecule has 2 aromatic heterocycles. The van der Waals surface area contributed by atoms with Crippen LogP contribution in [0.5, 0.6) is 0 Å². The van der Waals surface area contributed by atoms with Gasteiger partial charge in [0.2, 0.25) is 0 Å². The molecular weight excluding hydrogens is 492 g/mol. The number of H-pyrrole nitrogens is 1. The first kappa shape index (κ1) is 22.0. The quantitative estimate of drug-likeness (QED) is 0.196. The smallest absolute Gasteiger partial charge is 0.191 e. The third-order valence-electron chi connectivity index (χ3n) is 4.91. The second-order valence-electron chi connectivity index (χ2n) is 6.86. The normalized spacial score (nSPS) is 11.5. The lowest BCUT2D eigenvalue weighted by molar-refractivity contribution is 0.629. The van der Waals surface area contributed by atoms with Crippen molar-refractivity contribution >= 4 is 51.7 Å². The van der Waals surface area contributed by atoms with Crippen LogP contribution in [0, 0.1) is 5.82 Å². The topological polar surface area (TPSA) is 65.1 Å². The molecule has 0 atom stereocenters. The van der Waals surface area contributed by atoms with E-state index in [1.54, 1.807) is 12.1 Å². The third-order valence-corrected chi connectivity index (χ3v) is 4.91. The molecular formula is C23H25FIN5. The van der Waals surface area contributed by atoms with E-state index in [4.69, 9.17) is 4.99 Å². The Morgan fingerprint density at radius 2 is 1.93 bits per heavy atom. The molecule has 156 valence electrons. The highest BCUT2D eigenvalue weighted by Gasteiger charge is 2.06. The van der Waals surface area contributed by atoms with Crippen LogP contribution in [-0.4, -0.2) is 29.0 Å². The maximum absolute atomic E-state index is 13.6. The van der Waals surface area contributed by atoms with E-state index in [0.29, 0.717) is 13.1 Å². The van der Waals surface area contributed by atoms with Gasteiger partial charge >= 0.3 is 0 Å². The Bertz CT molecular complexity index is 1150. The van der Waals surface area contributed by atoms with Gasteiger partial charge in [-0.3, -0.25) is 4.98 Å². The third kappa shape index (κ3) is 5.08. The minimum Gasteiger partial charge on any atom is -0.361 e. The molecule has 3 N–H and O–H groups in total. The summed E-state index contributed by atoms with van der Waals surface area (Å²) in [6.45, 7) is 4.09. The van der Waals surface area contributed by atoms with Gasteiger partial charge in [-0.15, -0.1) is 24.0 Å². The van der Waals surface area contributed by atoms with E-state index in [2.05, 4.69) is 26.7 Å². The number of guanidine groups is 1. The number of fused-ring (bicyclic) bond motifs is 2. The van der Waals surface area contributed by atoms with E-state index in [-0.39, 0.29) is 29.8 Å². The number of aromatic amines is 1. The van der Waals surface area contributed by atoms with Crippen LogP contribution in [0.4, 0.5) is 4.39 Å². The minimum absolute atomic E-state index is 0. The molecule has 0 aliphatic carbocycles. The fourth-order valence-corrected chi connectivity index (χ4v) is 3.47. The summed E-state index contributed by atoms with van der Waals surface area (Å²) in [5.41, 5.74) is 4.15. The number of hydrogen-bond donors (Lipinski definition) is 3. The van der Waals surface area contributed by atoms with Crippen molar-refractivity contribution in [3.63, 3.8) is 0 Å². The number of nitrogens with one attached hydrogen (secondary N) is 3. The van der Waals surface area contributed by atoms with Crippen LogP contribution in [0.1, 0.15) is 18.1 Å². The number of benzene rings is 2. The molecule has 0 bridgehead atoms. The lowest BCUT2D eigenvalue weighted by Gasteiger charge is -2.11. The van der Waals surface area contributed by atoms with E-state index in [1.165, 1.54) is 6.07 Å². The summed E-state index contributed by atoms with van der Waals surface area (Å²) in [4.78, 5) is 12.3. The summed E-state index contributed by atoms with van der Waals surface area (Å²) in [5, 5.41) is 8.70. The number of nitrogens with zero attached hydrogens (tertiary/aromatic N) is 2. The SMILES string of the molecule is CCNC(=NCc1ccnc2ccccc12)NCCc1c[nH]c2ccc(F)cc12.I. The van der Waals surface area contributed by atoms with Gasteiger partial charge in [-0.2, -0.15) is 0 Å². The van der Waals surface area contributed by atoms with Gasteiger partial charge in [-0.05, 0) is 54.8 Å². The lowest BCUT2D eigenvalue weighted by Crippen LogP contribution is -2.38. The zero-order chi connectivity index (χ0) is 20.1. The van der Waals surface area contributed by atoms with E-state index in [1.807, 2.05) is 43.6 Å². The van der Waals surface area contributed by atoms with Crippen molar-refractivity contribution in [2.45, 2.75) is 19.9 Å². The predicted molar refractivity (Wildman–Crippen MR) is 132 cm³/mol. The van der Waals surface area contributed by atoms with Crippen LogP contribution >= 0.6 is 24.0 Å². The lowest BCUT2D eigenvalue weighted by atomic mass is 10.1. The summed E-state index contributed by atoms with van der Waals surface area (Å²) >= 11 is 0. The molecule has 4 aromatic rings. The first-order valence-corrected chi connectivity index (χ1v) is 9.85. The van der Waals surface area contributed by atoms with E-state index >= 15 is 0 Å². The Hall–Kier alpha value is -2.68. The molecule has 0 spiro atoms. The zero-order valence-electron chi connectivity index (χ0n) is 16.8. The molecule has 0 unspecified atom stereocenters. The molecule has 0 fully saturated rings. The highest BCUT2D eigenvalue weighted by molar-refractivity contribution is 14.0. The van der Waals surface area contributed by atoms with Crippen molar-refractivity contribution in [2.75, 3.05) is 13.1 Å². The Kier molecular flexibility index (Phi) is 7.62. The highest BCUT2D eigenvalue weighted by atomic mass is 127. The molecule has 30 heavy (non-hydrogen) atoms. The van der Waals surface area contributed by atoms with Crippen LogP contribution in [-0.2, 0) is 13.0 Å². The minimum atomic E-state index is -0.217. The van der Waals surface area contributed by atoms with Crippen LogP contribution in [0.15, 0.2) is 65.9 Å². The molecule has 7 heteroatoms. The number of pyridine rings is 1. The standard InChI is InChI=1S/C23H24FN5.HI/c1-2-25-23(29-15-16-9-11-26-21-6-4-3-5-19(16)21)27-12-10-17-14-28-22-8-7-18(24)13-20(17)22;/h3-9,11,13-14,28H,2,10,12,15H2,1H3,(H2,25,27,29);1H. The summed E-state index contributed by atoms with van der Waals surface area (Å²) in [5.74, 6) is 0.546. The van der Waals surface area contributed by atoms with Crippen molar-refractivity contribution in [3.8, 4) is 0 Å². The van der Waals surface area contributed by atoms with E-state index < -0.39 is 0 Å². The zero-order valence-corrected chi connectivity index (χ0v) is 19.1. The predicted octanol–water partition coefficient (Wildman–Crippen LogP) is 4.77. The number of halogens is 2. The second-order valence-corrected chi connectivity index (χ2v) is 6.86. The molecule has 0 radical (unpaired) electrons. The summed E-state index contributed by atoms with van der Waals surface area (Å²) in [6.07, 6.45) is 4.54. The summed E-state index contributed by atoms with van der Waals surface area (Å²) in [6, 6.07) is 14.9. The summed E-state index contributed by atoms with van der Waals surface area (Å²) < 4.78 is 13.6. The number of aromatic nitrogens is 2. The summed E-state index contributed by atoms with van der Waals surface area (Å²) in [7, 11) is 0. The molecule has 0 saturated heterocycles. The molecule has 0 saturated carbocycles. The van der Waals surface area contributed by atoms with Gasteiger partial charge in [0.25, 0.3) is 0 Å². The molecule has 0 amide bonds. The number of aliphatic imine (C=N–C) groups is 1. The van der Waals surface area contributed by atoms with Gasteiger partial charge in [0, 0.05) is 41.8 Å². The maximum Gasteiger partial charge on any atom is 0.191 e. The largest absolute Gasteiger partial charge is 0.361 e. The average molecular weight is 517 g/mol. The van der Waals surface area contributed by atoms with Crippen LogP contribution in [0.25, 0.3) is 21.8 Å². The van der Waals surface area contributed by atoms with Crippen molar-refractivity contribution in [1.29, 1.82) is 0 Å². The first-order chi connectivity index (χ1) is 14.2. The Balaban J connectivity index is 0.00000256. The number of rotatable bonds is 6. The Labute approximate surface area is 192 Å². The van der Waals surface area contributed by atoms with Gasteiger partial charge in [0.1, 0.15) is 5.82 Å². The maximum atomic E-state index is 13.6. The van der Waals surface area contributed by atoms with E-state index in [9.17, 15) is 4.39 Å². The Morgan fingerprint density at radius 1 is 1.07 bits per heavy atom. The first-order valence-electron chi connectivity index (χ1n) is 9.85. The van der Waals surface area contributed by atoms with Gasteiger partial charge in [0.05, 0.1) is 12.1 Å². The van der Waals surface area contributed by atoms with Crippen molar-refractivity contribution in [1.82, 2.24) is 20.6 Å². The van der Waals surface area contributed by atoms with Crippen LogP contribution in [0.3, 0.4) is 0 Å². The molecule has 5 nitrogen and oxygen atoms in total. The van der Waals surface area contributed by atoms with Gasteiger partial charge in [0.15, 0.2) is 5.96 Å². The molecule has 0 aliphatic heterocycles. The molecule has 0 aliphatic rings. The van der Waals surface area contributed by atoms with E-state index in [0.717, 1.165) is 51.9 Å². The fraction of sp³-hybridized carbons (Fsp3) is 0.217.